The largest absolute Gasteiger partial charge is 0.507 e. The number of hydrogen-bond acceptors (Lipinski definition) is 6. The number of hydrogen-bond donors (Lipinski definition) is 2. The van der Waals surface area contributed by atoms with Crippen molar-refractivity contribution in [1.29, 1.82) is 0 Å². The average molecular weight is 653 g/mol. The number of rotatable bonds is 22. The van der Waals surface area contributed by atoms with Crippen molar-refractivity contribution >= 4 is 11.9 Å². The number of esters is 2. The molecule has 0 aliphatic carbocycles. The second-order valence-corrected chi connectivity index (χ2v) is 14.5. The van der Waals surface area contributed by atoms with Crippen LogP contribution in [0.2, 0.25) is 0 Å². The molecule has 0 heterocycles. The van der Waals surface area contributed by atoms with Crippen LogP contribution in [0, 0.1) is 5.41 Å². The molecule has 47 heavy (non-hydrogen) atoms. The highest BCUT2D eigenvalue weighted by atomic mass is 16.6. The van der Waals surface area contributed by atoms with E-state index in [1.54, 1.807) is 0 Å². The number of aryl methyl sites for hydroxylation is 6. The molecule has 2 aromatic rings. The Kier molecular flexibility index (Phi) is 18.0. The van der Waals surface area contributed by atoms with Gasteiger partial charge in [0.2, 0.25) is 0 Å². The number of carbonyl (C=O) groups excluding carboxylic acids is 2. The SMILES string of the molecule is CCCCc1cc(CCC(=O)OCC(CC(C)(C)C)OC(=O)CCc2cc(CCCC)c(O)c(CCCC)c2)cc(CCCC)c1O. The Hall–Kier alpha value is -3.02. The molecule has 0 fully saturated rings. The molecular weight excluding hydrogens is 588 g/mol. The minimum atomic E-state index is -0.526. The van der Waals surface area contributed by atoms with Crippen LogP contribution in [0.25, 0.3) is 0 Å². The van der Waals surface area contributed by atoms with Crippen molar-refractivity contribution in [2.75, 3.05) is 6.61 Å². The van der Waals surface area contributed by atoms with Crippen LogP contribution in [0.3, 0.4) is 0 Å². The Morgan fingerprint density at radius 2 is 0.979 bits per heavy atom. The van der Waals surface area contributed by atoms with E-state index in [1.165, 1.54) is 0 Å². The first kappa shape index (κ1) is 40.2. The highest BCUT2D eigenvalue weighted by molar-refractivity contribution is 5.71. The van der Waals surface area contributed by atoms with Crippen molar-refractivity contribution in [3.63, 3.8) is 0 Å². The zero-order chi connectivity index (χ0) is 34.8. The molecule has 0 saturated heterocycles. The van der Waals surface area contributed by atoms with Crippen LogP contribution in [0.4, 0.5) is 0 Å². The molecule has 2 rings (SSSR count). The molecular formula is C41H64O6. The zero-order valence-electron chi connectivity index (χ0n) is 30.6. The summed E-state index contributed by atoms with van der Waals surface area (Å²) in [5.41, 5.74) is 5.81. The third-order valence-corrected chi connectivity index (χ3v) is 8.66. The van der Waals surface area contributed by atoms with Crippen molar-refractivity contribution in [2.45, 2.75) is 164 Å². The van der Waals surface area contributed by atoms with Crippen molar-refractivity contribution in [1.82, 2.24) is 0 Å². The van der Waals surface area contributed by atoms with Gasteiger partial charge in [-0.25, -0.2) is 0 Å². The summed E-state index contributed by atoms with van der Waals surface area (Å²) in [7, 11) is 0. The van der Waals surface area contributed by atoms with Crippen LogP contribution in [0.5, 0.6) is 11.5 Å². The Bertz CT molecular complexity index is 1180. The van der Waals surface area contributed by atoms with E-state index in [4.69, 9.17) is 9.47 Å². The lowest BCUT2D eigenvalue weighted by atomic mass is 9.89. The average Bonchev–Trinajstić information content (AvgIpc) is 3.02. The van der Waals surface area contributed by atoms with Gasteiger partial charge in [0.05, 0.1) is 0 Å². The van der Waals surface area contributed by atoms with Crippen molar-refractivity contribution in [3.05, 3.63) is 57.6 Å². The lowest BCUT2D eigenvalue weighted by Crippen LogP contribution is -2.29. The summed E-state index contributed by atoms with van der Waals surface area (Å²) in [5.74, 6) is 0.187. The van der Waals surface area contributed by atoms with E-state index in [1.807, 2.05) is 24.3 Å². The molecule has 0 amide bonds. The predicted octanol–water partition coefficient (Wildman–Crippen LogP) is 9.92. The van der Waals surface area contributed by atoms with Crippen LogP contribution >= 0.6 is 0 Å². The van der Waals surface area contributed by atoms with Gasteiger partial charge in [-0.1, -0.05) is 98.4 Å². The molecule has 0 aliphatic heterocycles. The van der Waals surface area contributed by atoms with E-state index in [-0.39, 0.29) is 36.8 Å². The molecule has 2 aromatic carbocycles. The minimum Gasteiger partial charge on any atom is -0.507 e. The first-order valence-corrected chi connectivity index (χ1v) is 18.4. The maximum Gasteiger partial charge on any atom is 0.306 e. The molecule has 0 saturated carbocycles. The van der Waals surface area contributed by atoms with E-state index in [9.17, 15) is 19.8 Å². The van der Waals surface area contributed by atoms with Gasteiger partial charge < -0.3 is 19.7 Å². The summed E-state index contributed by atoms with van der Waals surface area (Å²) in [4.78, 5) is 25.9. The smallest absolute Gasteiger partial charge is 0.306 e. The maximum absolute atomic E-state index is 13.1. The number of phenolic OH excluding ortho intramolecular Hbond substituents is 2. The third-order valence-electron chi connectivity index (χ3n) is 8.66. The summed E-state index contributed by atoms with van der Waals surface area (Å²) < 4.78 is 11.6. The quantitative estimate of drug-likeness (QED) is 0.123. The van der Waals surface area contributed by atoms with Gasteiger partial charge in [0.1, 0.15) is 24.2 Å². The fourth-order valence-electron chi connectivity index (χ4n) is 6.00. The number of aromatic hydroxyl groups is 2. The summed E-state index contributed by atoms with van der Waals surface area (Å²) in [5, 5.41) is 21.6. The van der Waals surface area contributed by atoms with E-state index >= 15 is 0 Å². The summed E-state index contributed by atoms with van der Waals surface area (Å²) in [6, 6.07) is 8.14. The highest BCUT2D eigenvalue weighted by Crippen LogP contribution is 2.30. The first-order chi connectivity index (χ1) is 22.4. The van der Waals surface area contributed by atoms with Crippen LogP contribution in [0.1, 0.15) is 152 Å². The maximum atomic E-state index is 13.1. The van der Waals surface area contributed by atoms with E-state index < -0.39 is 6.10 Å². The molecule has 0 spiro atoms. The second-order valence-electron chi connectivity index (χ2n) is 14.5. The number of unbranched alkanes of at least 4 members (excludes halogenated alkanes) is 4. The van der Waals surface area contributed by atoms with E-state index in [0.29, 0.717) is 30.8 Å². The van der Waals surface area contributed by atoms with Gasteiger partial charge in [-0.15, -0.1) is 0 Å². The van der Waals surface area contributed by atoms with Gasteiger partial charge in [-0.2, -0.15) is 0 Å². The second kappa shape index (κ2) is 21.1. The van der Waals surface area contributed by atoms with Gasteiger partial charge in [0.25, 0.3) is 0 Å². The fraction of sp³-hybridized carbons (Fsp3) is 0.659. The summed E-state index contributed by atoms with van der Waals surface area (Å²) in [6.07, 6.45) is 13.1. The Labute approximate surface area is 285 Å². The number of phenols is 2. The van der Waals surface area contributed by atoms with Crippen LogP contribution in [0.15, 0.2) is 24.3 Å². The Balaban J connectivity index is 2.02. The molecule has 2 N–H and O–H groups in total. The third kappa shape index (κ3) is 15.2. The minimum absolute atomic E-state index is 0.0302. The zero-order valence-corrected chi connectivity index (χ0v) is 30.6. The van der Waals surface area contributed by atoms with E-state index in [2.05, 4.69) is 48.5 Å². The first-order valence-electron chi connectivity index (χ1n) is 18.4. The lowest BCUT2D eigenvalue weighted by molar-refractivity contribution is -0.160. The number of ether oxygens (including phenoxy) is 2. The Morgan fingerprint density at radius 1 is 0.617 bits per heavy atom. The molecule has 6 nitrogen and oxygen atoms in total. The molecule has 1 unspecified atom stereocenters. The van der Waals surface area contributed by atoms with Gasteiger partial charge in [0, 0.05) is 12.8 Å². The highest BCUT2D eigenvalue weighted by Gasteiger charge is 2.24. The van der Waals surface area contributed by atoms with Crippen LogP contribution in [-0.2, 0) is 57.6 Å². The normalized spacial score (nSPS) is 12.2. The summed E-state index contributed by atoms with van der Waals surface area (Å²) in [6.45, 7) is 14.8. The molecule has 0 radical (unpaired) electrons. The molecule has 264 valence electrons. The molecule has 0 aliphatic rings. The Morgan fingerprint density at radius 3 is 1.32 bits per heavy atom. The van der Waals surface area contributed by atoms with Gasteiger partial charge in [0.15, 0.2) is 0 Å². The lowest BCUT2D eigenvalue weighted by Gasteiger charge is -2.26. The van der Waals surface area contributed by atoms with Gasteiger partial charge in [-0.3, -0.25) is 9.59 Å². The standard InChI is InChI=1S/C41H64O6/c1-8-12-16-32-24-30(25-33(39(32)44)17-13-9-2)20-22-37(42)46-29-36(28-41(5,6)7)47-38(43)23-21-31-26-34(18-14-10-3)40(45)35(27-31)19-15-11-4/h24-27,36,44-45H,8-23,28-29H2,1-7H3. The van der Waals surface area contributed by atoms with Gasteiger partial charge >= 0.3 is 11.9 Å². The molecule has 0 aromatic heterocycles. The topological polar surface area (TPSA) is 93.1 Å². The van der Waals surface area contributed by atoms with Crippen molar-refractivity contribution in [2.24, 2.45) is 5.41 Å². The van der Waals surface area contributed by atoms with E-state index in [0.717, 1.165) is 110 Å². The fourth-order valence-corrected chi connectivity index (χ4v) is 6.00. The monoisotopic (exact) mass is 652 g/mol. The van der Waals surface area contributed by atoms with Gasteiger partial charge in [-0.05, 0) is 109 Å². The van der Waals surface area contributed by atoms with Crippen molar-refractivity contribution in [3.8, 4) is 11.5 Å². The molecule has 0 bridgehead atoms. The molecule has 1 atom stereocenters. The van der Waals surface area contributed by atoms with Crippen LogP contribution in [-0.4, -0.2) is 34.9 Å². The predicted molar refractivity (Wildman–Crippen MR) is 192 cm³/mol. The van der Waals surface area contributed by atoms with Crippen molar-refractivity contribution < 1.29 is 29.3 Å². The molecule has 6 heteroatoms. The number of carbonyl (C=O) groups is 2. The van der Waals surface area contributed by atoms with Crippen LogP contribution < -0.4 is 0 Å². The number of benzene rings is 2. The summed E-state index contributed by atoms with van der Waals surface area (Å²) >= 11 is 0.